The molecule has 1 aromatic heterocycles. The highest BCUT2D eigenvalue weighted by Gasteiger charge is 2.13. The second kappa shape index (κ2) is 17.0. The summed E-state index contributed by atoms with van der Waals surface area (Å²) in [4.78, 5) is 26.4. The van der Waals surface area contributed by atoms with E-state index in [-0.39, 0.29) is 11.7 Å². The normalized spacial score (nSPS) is 11.1. The van der Waals surface area contributed by atoms with Crippen LogP contribution in [0.15, 0.2) is 33.5 Å². The molecule has 0 saturated carbocycles. The van der Waals surface area contributed by atoms with Crippen molar-refractivity contribution in [2.24, 2.45) is 0 Å². The van der Waals surface area contributed by atoms with E-state index in [2.05, 4.69) is 18.7 Å². The zero-order chi connectivity index (χ0) is 25.3. The zero-order valence-electron chi connectivity index (χ0n) is 21.9. The van der Waals surface area contributed by atoms with Crippen molar-refractivity contribution in [2.45, 2.75) is 104 Å². The Morgan fingerprint density at radius 2 is 1.46 bits per heavy atom. The Labute approximate surface area is 210 Å². The molecule has 1 heterocycles. The number of aromatic hydroxyl groups is 1. The van der Waals surface area contributed by atoms with Gasteiger partial charge in [-0.2, -0.15) is 0 Å². The van der Waals surface area contributed by atoms with Crippen molar-refractivity contribution < 1.29 is 19.1 Å². The molecule has 1 aromatic carbocycles. The molecule has 1 amide bonds. The molecule has 0 atom stereocenters. The summed E-state index contributed by atoms with van der Waals surface area (Å²) in [5.41, 5.74) is -0.272. The molecule has 35 heavy (non-hydrogen) atoms. The first kappa shape index (κ1) is 28.7. The Morgan fingerprint density at radius 1 is 0.857 bits per heavy atom. The second-order valence-electron chi connectivity index (χ2n) is 9.48. The van der Waals surface area contributed by atoms with E-state index in [1.807, 2.05) is 0 Å². The smallest absolute Gasteiger partial charge is 0.339 e. The average molecular weight is 488 g/mol. The van der Waals surface area contributed by atoms with Gasteiger partial charge in [0, 0.05) is 19.5 Å². The third kappa shape index (κ3) is 11.2. The van der Waals surface area contributed by atoms with Crippen LogP contribution >= 0.6 is 0 Å². The molecule has 1 N–H and O–H groups in total. The molecule has 0 unspecified atom stereocenters. The SMILES string of the molecule is CCCCCCCCN(CCCCCCCC)C(=O)CCCOc1ccc2oc(=O)cc(O)c2c1. The summed E-state index contributed by atoms with van der Waals surface area (Å²) in [6.45, 7) is 6.59. The van der Waals surface area contributed by atoms with Gasteiger partial charge < -0.3 is 19.2 Å². The fraction of sp³-hybridized carbons (Fsp3) is 0.655. The summed E-state index contributed by atoms with van der Waals surface area (Å²) in [6.07, 6.45) is 15.8. The number of hydrogen-bond donors (Lipinski definition) is 1. The first-order valence-electron chi connectivity index (χ1n) is 13.7. The van der Waals surface area contributed by atoms with Gasteiger partial charge in [0.25, 0.3) is 0 Å². The van der Waals surface area contributed by atoms with Crippen molar-refractivity contribution in [3.63, 3.8) is 0 Å². The van der Waals surface area contributed by atoms with Crippen LogP contribution < -0.4 is 10.4 Å². The minimum atomic E-state index is -0.589. The molecular formula is C29H45NO5. The monoisotopic (exact) mass is 487 g/mol. The fourth-order valence-corrected chi connectivity index (χ4v) is 4.31. The van der Waals surface area contributed by atoms with Crippen molar-refractivity contribution in [2.75, 3.05) is 19.7 Å². The van der Waals surface area contributed by atoms with E-state index < -0.39 is 5.63 Å². The van der Waals surface area contributed by atoms with Crippen LogP contribution in [-0.4, -0.2) is 35.6 Å². The first-order chi connectivity index (χ1) is 17.0. The number of benzene rings is 1. The van der Waals surface area contributed by atoms with Gasteiger partial charge in [-0.05, 0) is 37.5 Å². The van der Waals surface area contributed by atoms with Gasteiger partial charge in [0.1, 0.15) is 17.1 Å². The van der Waals surface area contributed by atoms with E-state index in [9.17, 15) is 14.7 Å². The van der Waals surface area contributed by atoms with Gasteiger partial charge in [0.2, 0.25) is 5.91 Å². The van der Waals surface area contributed by atoms with Gasteiger partial charge in [-0.1, -0.05) is 78.1 Å². The van der Waals surface area contributed by atoms with Crippen molar-refractivity contribution in [3.05, 3.63) is 34.7 Å². The largest absolute Gasteiger partial charge is 0.507 e. The van der Waals surface area contributed by atoms with Gasteiger partial charge in [0.15, 0.2) is 0 Å². The van der Waals surface area contributed by atoms with Gasteiger partial charge in [0.05, 0.1) is 18.1 Å². The molecule has 0 aliphatic heterocycles. The predicted molar refractivity (Wildman–Crippen MR) is 142 cm³/mol. The maximum atomic E-state index is 12.9. The van der Waals surface area contributed by atoms with E-state index >= 15 is 0 Å². The number of hydrogen-bond acceptors (Lipinski definition) is 5. The second-order valence-corrected chi connectivity index (χ2v) is 9.48. The van der Waals surface area contributed by atoms with Crippen molar-refractivity contribution in [3.8, 4) is 11.5 Å². The Balaban J connectivity index is 1.77. The Hall–Kier alpha value is -2.50. The molecule has 0 radical (unpaired) electrons. The van der Waals surface area contributed by atoms with E-state index in [1.165, 1.54) is 64.2 Å². The molecule has 6 nitrogen and oxygen atoms in total. The summed E-state index contributed by atoms with van der Waals surface area (Å²) < 4.78 is 10.9. The van der Waals surface area contributed by atoms with Gasteiger partial charge in [-0.25, -0.2) is 4.79 Å². The Bertz CT molecular complexity index is 907. The van der Waals surface area contributed by atoms with Gasteiger partial charge in [-0.3, -0.25) is 4.79 Å². The number of carbonyl (C=O) groups excluding carboxylic acids is 1. The molecule has 2 rings (SSSR count). The lowest BCUT2D eigenvalue weighted by molar-refractivity contribution is -0.131. The van der Waals surface area contributed by atoms with Gasteiger partial charge >= 0.3 is 5.63 Å². The minimum Gasteiger partial charge on any atom is -0.507 e. The van der Waals surface area contributed by atoms with Crippen molar-refractivity contribution in [1.82, 2.24) is 4.90 Å². The third-order valence-electron chi connectivity index (χ3n) is 6.41. The summed E-state index contributed by atoms with van der Waals surface area (Å²) in [6, 6.07) is 6.02. The summed E-state index contributed by atoms with van der Waals surface area (Å²) >= 11 is 0. The lowest BCUT2D eigenvalue weighted by atomic mass is 10.1. The molecule has 2 aromatic rings. The molecule has 196 valence electrons. The van der Waals surface area contributed by atoms with Crippen LogP contribution in [0.2, 0.25) is 0 Å². The van der Waals surface area contributed by atoms with E-state index in [0.717, 1.165) is 32.0 Å². The number of nitrogens with zero attached hydrogens (tertiary/aromatic N) is 1. The molecular weight excluding hydrogens is 442 g/mol. The number of rotatable bonds is 19. The summed E-state index contributed by atoms with van der Waals surface area (Å²) in [7, 11) is 0. The molecule has 0 fully saturated rings. The topological polar surface area (TPSA) is 80.0 Å². The summed E-state index contributed by atoms with van der Waals surface area (Å²) in [5.74, 6) is 0.663. The maximum Gasteiger partial charge on any atom is 0.339 e. The standard InChI is InChI=1S/C29H45NO5/c1-3-5-7-9-11-13-19-30(20-14-12-10-8-6-4-2)28(32)16-15-21-34-24-17-18-27-25(22-24)26(31)23-29(33)35-27/h17-18,22-23,31H,3-16,19-21H2,1-2H3. The van der Waals surface area contributed by atoms with Crippen LogP contribution in [0.25, 0.3) is 11.0 Å². The van der Waals surface area contributed by atoms with Crippen LogP contribution in [0.3, 0.4) is 0 Å². The highest BCUT2D eigenvalue weighted by molar-refractivity contribution is 5.84. The van der Waals surface area contributed by atoms with Crippen LogP contribution in [0.5, 0.6) is 11.5 Å². The number of ether oxygens (including phenoxy) is 1. The van der Waals surface area contributed by atoms with E-state index in [0.29, 0.717) is 36.2 Å². The highest BCUT2D eigenvalue weighted by atomic mass is 16.5. The number of amides is 1. The van der Waals surface area contributed by atoms with E-state index in [1.54, 1.807) is 18.2 Å². The quantitative estimate of drug-likeness (QED) is 0.167. The number of fused-ring (bicyclic) bond motifs is 1. The first-order valence-corrected chi connectivity index (χ1v) is 13.7. The lowest BCUT2D eigenvalue weighted by Crippen LogP contribution is -2.33. The van der Waals surface area contributed by atoms with Crippen LogP contribution in [0.4, 0.5) is 0 Å². The fourth-order valence-electron chi connectivity index (χ4n) is 4.31. The molecule has 0 aliphatic rings. The number of unbranched alkanes of at least 4 members (excludes halogenated alkanes) is 10. The summed E-state index contributed by atoms with van der Waals surface area (Å²) in [5, 5.41) is 10.4. The predicted octanol–water partition coefficient (Wildman–Crippen LogP) is 7.21. The average Bonchev–Trinajstić information content (AvgIpc) is 2.84. The highest BCUT2D eigenvalue weighted by Crippen LogP contribution is 2.26. The Morgan fingerprint density at radius 3 is 2.09 bits per heavy atom. The van der Waals surface area contributed by atoms with Crippen LogP contribution in [-0.2, 0) is 4.79 Å². The maximum absolute atomic E-state index is 12.9. The van der Waals surface area contributed by atoms with Crippen molar-refractivity contribution >= 4 is 16.9 Å². The molecule has 0 aliphatic carbocycles. The lowest BCUT2D eigenvalue weighted by Gasteiger charge is -2.23. The zero-order valence-corrected chi connectivity index (χ0v) is 21.9. The molecule has 0 bridgehead atoms. The molecule has 6 heteroatoms. The molecule has 0 saturated heterocycles. The Kier molecular flexibility index (Phi) is 14.0. The third-order valence-corrected chi connectivity index (χ3v) is 6.41. The van der Waals surface area contributed by atoms with E-state index in [4.69, 9.17) is 9.15 Å². The number of carbonyl (C=O) groups is 1. The minimum absolute atomic E-state index is 0.128. The molecule has 0 spiro atoms. The van der Waals surface area contributed by atoms with Gasteiger partial charge in [-0.15, -0.1) is 0 Å². The van der Waals surface area contributed by atoms with Crippen molar-refractivity contribution in [1.29, 1.82) is 0 Å². The van der Waals surface area contributed by atoms with Crippen LogP contribution in [0, 0.1) is 0 Å². The van der Waals surface area contributed by atoms with Crippen LogP contribution in [0.1, 0.15) is 104 Å².